The monoisotopic (exact) mass is 320 g/mol. The predicted molar refractivity (Wildman–Crippen MR) is 69.9 cm³/mol. The third kappa shape index (κ3) is 4.57. The molecule has 0 aliphatic carbocycles. The molecule has 0 aliphatic rings. The molecule has 2 aromatic heterocycles. The SMILES string of the molecule is C[C@H](OCC(F)(F)F)C(=O)Nc1nc(-c2ccco2)cs1. The quantitative estimate of drug-likeness (QED) is 0.918. The largest absolute Gasteiger partial charge is 0.463 e. The number of anilines is 1. The third-order valence-corrected chi connectivity index (χ3v) is 3.13. The zero-order chi connectivity index (χ0) is 15.5. The van der Waals surface area contributed by atoms with Crippen LogP contribution in [0.5, 0.6) is 0 Å². The molecule has 2 heterocycles. The number of aromatic nitrogens is 1. The smallest absolute Gasteiger partial charge is 0.411 e. The van der Waals surface area contributed by atoms with Gasteiger partial charge in [-0.2, -0.15) is 13.2 Å². The van der Waals surface area contributed by atoms with Crippen LogP contribution in [0, 0.1) is 0 Å². The molecule has 114 valence electrons. The maximum Gasteiger partial charge on any atom is 0.411 e. The summed E-state index contributed by atoms with van der Waals surface area (Å²) in [6, 6.07) is 3.40. The molecular weight excluding hydrogens is 309 g/mol. The molecule has 21 heavy (non-hydrogen) atoms. The van der Waals surface area contributed by atoms with Gasteiger partial charge in [0.15, 0.2) is 10.9 Å². The fourth-order valence-electron chi connectivity index (χ4n) is 1.37. The highest BCUT2D eigenvalue weighted by molar-refractivity contribution is 7.14. The van der Waals surface area contributed by atoms with E-state index in [1.54, 1.807) is 17.5 Å². The molecular formula is C12H11F3N2O3S. The molecule has 0 radical (unpaired) electrons. The molecule has 9 heteroatoms. The number of nitrogens with one attached hydrogen (secondary N) is 1. The summed E-state index contributed by atoms with van der Waals surface area (Å²) in [5.74, 6) is -0.160. The number of hydrogen-bond acceptors (Lipinski definition) is 5. The normalized spacial score (nSPS) is 13.1. The van der Waals surface area contributed by atoms with Crippen LogP contribution in [-0.2, 0) is 9.53 Å². The molecule has 1 N–H and O–H groups in total. The van der Waals surface area contributed by atoms with Gasteiger partial charge in [-0.15, -0.1) is 11.3 Å². The Bertz CT molecular complexity index is 595. The van der Waals surface area contributed by atoms with Crippen LogP contribution in [0.4, 0.5) is 18.3 Å². The molecule has 0 aliphatic heterocycles. The minimum atomic E-state index is -4.47. The number of carbonyl (C=O) groups excluding carboxylic acids is 1. The van der Waals surface area contributed by atoms with E-state index in [1.807, 2.05) is 0 Å². The Morgan fingerprint density at radius 1 is 1.57 bits per heavy atom. The van der Waals surface area contributed by atoms with Crippen molar-refractivity contribution in [1.82, 2.24) is 4.98 Å². The van der Waals surface area contributed by atoms with Crippen molar-refractivity contribution in [2.75, 3.05) is 11.9 Å². The van der Waals surface area contributed by atoms with Crippen LogP contribution in [0.3, 0.4) is 0 Å². The predicted octanol–water partition coefficient (Wildman–Crippen LogP) is 3.31. The first-order valence-corrected chi connectivity index (χ1v) is 6.72. The van der Waals surface area contributed by atoms with Gasteiger partial charge in [-0.1, -0.05) is 0 Å². The van der Waals surface area contributed by atoms with Crippen molar-refractivity contribution >= 4 is 22.4 Å². The molecule has 1 atom stereocenters. The zero-order valence-corrected chi connectivity index (χ0v) is 11.6. The van der Waals surface area contributed by atoms with Crippen LogP contribution in [0.1, 0.15) is 6.92 Å². The lowest BCUT2D eigenvalue weighted by atomic mass is 10.4. The van der Waals surface area contributed by atoms with Gasteiger partial charge in [0, 0.05) is 5.38 Å². The van der Waals surface area contributed by atoms with E-state index in [-0.39, 0.29) is 5.13 Å². The van der Waals surface area contributed by atoms with Gasteiger partial charge in [-0.25, -0.2) is 4.98 Å². The highest BCUT2D eigenvalue weighted by Gasteiger charge is 2.30. The van der Waals surface area contributed by atoms with E-state index in [0.29, 0.717) is 11.5 Å². The first-order chi connectivity index (χ1) is 9.85. The Morgan fingerprint density at radius 3 is 2.95 bits per heavy atom. The number of halogens is 3. The van der Waals surface area contributed by atoms with Crippen molar-refractivity contribution in [3.05, 3.63) is 23.8 Å². The van der Waals surface area contributed by atoms with Crippen molar-refractivity contribution in [3.8, 4) is 11.5 Å². The molecule has 0 fully saturated rings. The van der Waals surface area contributed by atoms with Crippen LogP contribution in [0.15, 0.2) is 28.2 Å². The molecule has 0 aromatic carbocycles. The van der Waals surface area contributed by atoms with E-state index in [9.17, 15) is 18.0 Å². The molecule has 2 aromatic rings. The van der Waals surface area contributed by atoms with Gasteiger partial charge >= 0.3 is 6.18 Å². The van der Waals surface area contributed by atoms with Crippen molar-refractivity contribution in [3.63, 3.8) is 0 Å². The topological polar surface area (TPSA) is 64.4 Å². The summed E-state index contributed by atoms with van der Waals surface area (Å²) in [5.41, 5.74) is 0.532. The van der Waals surface area contributed by atoms with E-state index in [4.69, 9.17) is 4.42 Å². The van der Waals surface area contributed by atoms with E-state index in [2.05, 4.69) is 15.0 Å². The lowest BCUT2D eigenvalue weighted by molar-refractivity contribution is -0.184. The highest BCUT2D eigenvalue weighted by atomic mass is 32.1. The number of amides is 1. The Labute approximate surface area is 121 Å². The summed E-state index contributed by atoms with van der Waals surface area (Å²) in [6.45, 7) is -0.237. The maximum atomic E-state index is 12.0. The number of ether oxygens (including phenoxy) is 1. The van der Waals surface area contributed by atoms with Gasteiger partial charge in [-0.3, -0.25) is 10.1 Å². The number of rotatable bonds is 5. The lowest BCUT2D eigenvalue weighted by Gasteiger charge is -2.13. The summed E-state index contributed by atoms with van der Waals surface area (Å²) in [7, 11) is 0. The first-order valence-electron chi connectivity index (χ1n) is 5.84. The van der Waals surface area contributed by atoms with Gasteiger partial charge in [-0.05, 0) is 19.1 Å². The van der Waals surface area contributed by atoms with Gasteiger partial charge in [0.1, 0.15) is 18.4 Å². The van der Waals surface area contributed by atoms with Gasteiger partial charge < -0.3 is 9.15 Å². The number of alkyl halides is 3. The minimum absolute atomic E-state index is 0.258. The van der Waals surface area contributed by atoms with Crippen molar-refractivity contribution in [2.24, 2.45) is 0 Å². The molecule has 0 bridgehead atoms. The second kappa shape index (κ2) is 6.27. The average Bonchev–Trinajstić information content (AvgIpc) is 3.04. The maximum absolute atomic E-state index is 12.0. The Hall–Kier alpha value is -1.87. The van der Waals surface area contributed by atoms with E-state index < -0.39 is 24.8 Å². The molecule has 0 unspecified atom stereocenters. The number of carbonyl (C=O) groups is 1. The standard InChI is InChI=1S/C12H11F3N2O3S/c1-7(20-6-12(13,14)15)10(18)17-11-16-8(5-21-11)9-3-2-4-19-9/h2-5,7H,6H2,1H3,(H,16,17,18)/t7-/m0/s1. The summed E-state index contributed by atoms with van der Waals surface area (Å²) in [6.07, 6.45) is -4.22. The number of nitrogens with zero attached hydrogens (tertiary/aromatic N) is 1. The van der Waals surface area contributed by atoms with Gasteiger partial charge in [0.05, 0.1) is 6.26 Å². The third-order valence-electron chi connectivity index (χ3n) is 2.37. The van der Waals surface area contributed by atoms with Crippen LogP contribution < -0.4 is 5.32 Å². The molecule has 2 rings (SSSR count). The second-order valence-electron chi connectivity index (χ2n) is 4.07. The van der Waals surface area contributed by atoms with Crippen molar-refractivity contribution in [1.29, 1.82) is 0 Å². The van der Waals surface area contributed by atoms with Crippen molar-refractivity contribution < 1.29 is 27.1 Å². The average molecular weight is 320 g/mol. The molecule has 0 saturated carbocycles. The highest BCUT2D eigenvalue weighted by Crippen LogP contribution is 2.25. The fraction of sp³-hybridized carbons (Fsp3) is 0.333. The van der Waals surface area contributed by atoms with Crippen LogP contribution in [-0.4, -0.2) is 29.8 Å². The van der Waals surface area contributed by atoms with Crippen LogP contribution in [0.25, 0.3) is 11.5 Å². The molecule has 0 saturated heterocycles. The number of thiazole rings is 1. The first kappa shape index (κ1) is 15.5. The Morgan fingerprint density at radius 2 is 2.33 bits per heavy atom. The zero-order valence-electron chi connectivity index (χ0n) is 10.8. The number of hydrogen-bond donors (Lipinski definition) is 1. The molecule has 5 nitrogen and oxygen atoms in total. The lowest BCUT2D eigenvalue weighted by Crippen LogP contribution is -2.31. The summed E-state index contributed by atoms with van der Waals surface area (Å²) < 4.78 is 45.6. The van der Waals surface area contributed by atoms with E-state index in [1.165, 1.54) is 13.2 Å². The Balaban J connectivity index is 1.91. The number of furan rings is 1. The fourth-order valence-corrected chi connectivity index (χ4v) is 2.07. The Kier molecular flexibility index (Phi) is 4.63. The second-order valence-corrected chi connectivity index (χ2v) is 4.93. The minimum Gasteiger partial charge on any atom is -0.463 e. The molecule has 0 spiro atoms. The van der Waals surface area contributed by atoms with Gasteiger partial charge in [0.2, 0.25) is 0 Å². The van der Waals surface area contributed by atoms with Gasteiger partial charge in [0.25, 0.3) is 5.91 Å². The summed E-state index contributed by atoms with van der Waals surface area (Å²) in [5, 5.41) is 4.32. The molecule has 1 amide bonds. The van der Waals surface area contributed by atoms with E-state index in [0.717, 1.165) is 11.3 Å². The van der Waals surface area contributed by atoms with E-state index >= 15 is 0 Å². The van der Waals surface area contributed by atoms with Crippen LogP contribution in [0.2, 0.25) is 0 Å². The van der Waals surface area contributed by atoms with Crippen molar-refractivity contribution in [2.45, 2.75) is 19.2 Å². The summed E-state index contributed by atoms with van der Waals surface area (Å²) >= 11 is 1.14. The summed E-state index contributed by atoms with van der Waals surface area (Å²) in [4.78, 5) is 15.8. The van der Waals surface area contributed by atoms with Crippen LogP contribution >= 0.6 is 11.3 Å².